The second-order valence-corrected chi connectivity index (χ2v) is 5.76. The number of H-pyrrole nitrogens is 1. The lowest BCUT2D eigenvalue weighted by Gasteiger charge is -2.12. The summed E-state index contributed by atoms with van der Waals surface area (Å²) >= 11 is 5.22. The molecule has 0 bridgehead atoms. The van der Waals surface area contributed by atoms with Gasteiger partial charge in [0.05, 0.1) is 6.21 Å². The van der Waals surface area contributed by atoms with Gasteiger partial charge in [0.2, 0.25) is 4.77 Å². The molecule has 0 unspecified atom stereocenters. The molecule has 0 radical (unpaired) electrons. The highest BCUT2D eigenvalue weighted by Gasteiger charge is 2.08. The Morgan fingerprint density at radius 1 is 1.17 bits per heavy atom. The smallest absolute Gasteiger partial charge is 0.216 e. The molecule has 0 fully saturated rings. The Hall–Kier alpha value is -2.80. The number of rotatable bonds is 4. The van der Waals surface area contributed by atoms with Gasteiger partial charge in [-0.1, -0.05) is 18.2 Å². The summed E-state index contributed by atoms with van der Waals surface area (Å²) in [5, 5.41) is 11.2. The minimum atomic E-state index is -0.340. The highest BCUT2D eigenvalue weighted by Crippen LogP contribution is 2.21. The van der Waals surface area contributed by atoms with Crippen molar-refractivity contribution in [3.8, 4) is 11.4 Å². The zero-order valence-corrected chi connectivity index (χ0v) is 14.1. The van der Waals surface area contributed by atoms with E-state index in [9.17, 15) is 4.39 Å². The molecule has 24 heavy (non-hydrogen) atoms. The molecule has 0 atom stereocenters. The van der Waals surface area contributed by atoms with Gasteiger partial charge in [0.1, 0.15) is 5.82 Å². The first-order valence-electron chi connectivity index (χ1n) is 7.30. The predicted molar refractivity (Wildman–Crippen MR) is 96.6 cm³/mol. The SMILES string of the molecule is CN(C)c1ccc(-c2n[nH]c(=S)n2/N=C\c2ccccc2F)cc1. The van der Waals surface area contributed by atoms with E-state index in [2.05, 4.69) is 15.3 Å². The number of aromatic amines is 1. The van der Waals surface area contributed by atoms with Crippen molar-refractivity contribution in [2.45, 2.75) is 0 Å². The van der Waals surface area contributed by atoms with Gasteiger partial charge in [0.25, 0.3) is 0 Å². The van der Waals surface area contributed by atoms with Crippen LogP contribution in [0.25, 0.3) is 11.4 Å². The molecule has 2 aromatic carbocycles. The van der Waals surface area contributed by atoms with Gasteiger partial charge < -0.3 is 4.90 Å². The van der Waals surface area contributed by atoms with Crippen LogP contribution in [-0.4, -0.2) is 35.2 Å². The van der Waals surface area contributed by atoms with Gasteiger partial charge >= 0.3 is 0 Å². The van der Waals surface area contributed by atoms with Crippen LogP contribution in [0.5, 0.6) is 0 Å². The number of aromatic nitrogens is 3. The molecule has 0 amide bonds. The molecule has 0 saturated heterocycles. The quantitative estimate of drug-likeness (QED) is 0.581. The third-order valence-corrected chi connectivity index (χ3v) is 3.77. The maximum absolute atomic E-state index is 13.7. The number of benzene rings is 2. The summed E-state index contributed by atoms with van der Waals surface area (Å²) < 4.78 is 15.5. The maximum atomic E-state index is 13.7. The van der Waals surface area contributed by atoms with Crippen molar-refractivity contribution in [1.29, 1.82) is 0 Å². The lowest BCUT2D eigenvalue weighted by Crippen LogP contribution is -2.08. The molecule has 0 aliphatic carbocycles. The number of halogens is 1. The van der Waals surface area contributed by atoms with Crippen LogP contribution in [-0.2, 0) is 0 Å². The van der Waals surface area contributed by atoms with Crippen LogP contribution in [0.3, 0.4) is 0 Å². The van der Waals surface area contributed by atoms with Gasteiger partial charge in [0, 0.05) is 30.9 Å². The third kappa shape index (κ3) is 3.26. The van der Waals surface area contributed by atoms with Crippen LogP contribution in [0.2, 0.25) is 0 Å². The van der Waals surface area contributed by atoms with Crippen LogP contribution in [0.1, 0.15) is 5.56 Å². The van der Waals surface area contributed by atoms with E-state index in [0.29, 0.717) is 16.2 Å². The Balaban J connectivity index is 1.97. The van der Waals surface area contributed by atoms with E-state index in [1.165, 1.54) is 17.0 Å². The Morgan fingerprint density at radius 3 is 2.54 bits per heavy atom. The topological polar surface area (TPSA) is 49.2 Å². The van der Waals surface area contributed by atoms with Crippen LogP contribution in [0.15, 0.2) is 53.6 Å². The first kappa shape index (κ1) is 16.1. The summed E-state index contributed by atoms with van der Waals surface area (Å²) in [6.07, 6.45) is 1.43. The molecule has 1 aromatic heterocycles. The Morgan fingerprint density at radius 2 is 1.88 bits per heavy atom. The predicted octanol–water partition coefficient (Wildman–Crippen LogP) is 3.69. The first-order chi connectivity index (χ1) is 11.6. The number of hydrogen-bond acceptors (Lipinski definition) is 4. The van der Waals surface area contributed by atoms with Crippen LogP contribution in [0, 0.1) is 10.6 Å². The molecular formula is C17H16FN5S. The monoisotopic (exact) mass is 341 g/mol. The van der Waals surface area contributed by atoms with E-state index < -0.39 is 0 Å². The summed E-state index contributed by atoms with van der Waals surface area (Å²) in [6.45, 7) is 0. The summed E-state index contributed by atoms with van der Waals surface area (Å²) in [5.74, 6) is 0.228. The molecule has 1 heterocycles. The van der Waals surface area contributed by atoms with E-state index in [1.54, 1.807) is 18.2 Å². The summed E-state index contributed by atoms with van der Waals surface area (Å²) in [6, 6.07) is 14.3. The van der Waals surface area contributed by atoms with E-state index in [-0.39, 0.29) is 5.82 Å². The Labute approximate surface area is 144 Å². The summed E-state index contributed by atoms with van der Waals surface area (Å²) in [7, 11) is 3.95. The average molecular weight is 341 g/mol. The molecule has 7 heteroatoms. The minimum Gasteiger partial charge on any atom is -0.378 e. The highest BCUT2D eigenvalue weighted by atomic mass is 32.1. The van der Waals surface area contributed by atoms with Gasteiger partial charge in [-0.25, -0.2) is 9.49 Å². The van der Waals surface area contributed by atoms with Crippen molar-refractivity contribution >= 4 is 24.1 Å². The van der Waals surface area contributed by atoms with E-state index in [0.717, 1.165) is 11.3 Å². The van der Waals surface area contributed by atoms with Crippen LogP contribution >= 0.6 is 12.2 Å². The summed E-state index contributed by atoms with van der Waals surface area (Å²) in [5.41, 5.74) is 2.32. The zero-order chi connectivity index (χ0) is 17.1. The van der Waals surface area contributed by atoms with Gasteiger partial charge in [-0.3, -0.25) is 0 Å². The van der Waals surface area contributed by atoms with Crippen molar-refractivity contribution in [3.05, 3.63) is 64.7 Å². The fraction of sp³-hybridized carbons (Fsp3) is 0.118. The summed E-state index contributed by atoms with van der Waals surface area (Å²) in [4.78, 5) is 2.01. The molecule has 3 rings (SSSR count). The molecule has 3 aromatic rings. The fourth-order valence-corrected chi connectivity index (χ4v) is 2.37. The average Bonchev–Trinajstić information content (AvgIpc) is 2.95. The first-order valence-corrected chi connectivity index (χ1v) is 7.71. The van der Waals surface area contributed by atoms with Gasteiger partial charge in [0.15, 0.2) is 5.82 Å². The van der Waals surface area contributed by atoms with Crippen molar-refractivity contribution in [3.63, 3.8) is 0 Å². The lowest BCUT2D eigenvalue weighted by molar-refractivity contribution is 0.625. The van der Waals surface area contributed by atoms with Crippen molar-refractivity contribution in [1.82, 2.24) is 14.9 Å². The Bertz CT molecular complexity index is 925. The highest BCUT2D eigenvalue weighted by molar-refractivity contribution is 7.71. The molecule has 122 valence electrons. The molecule has 0 aliphatic rings. The van der Waals surface area contributed by atoms with Crippen LogP contribution in [0.4, 0.5) is 10.1 Å². The number of nitrogens with one attached hydrogen (secondary N) is 1. The largest absolute Gasteiger partial charge is 0.378 e. The van der Waals surface area contributed by atoms with Gasteiger partial charge in [-0.2, -0.15) is 14.9 Å². The minimum absolute atomic E-state index is 0.340. The number of anilines is 1. The Kier molecular flexibility index (Phi) is 4.52. The molecular weight excluding hydrogens is 325 g/mol. The van der Waals surface area contributed by atoms with Gasteiger partial charge in [-0.15, -0.1) is 0 Å². The third-order valence-electron chi connectivity index (χ3n) is 3.51. The lowest BCUT2D eigenvalue weighted by atomic mass is 10.2. The van der Waals surface area contributed by atoms with Crippen LogP contribution < -0.4 is 4.90 Å². The molecule has 0 saturated carbocycles. The molecule has 0 spiro atoms. The molecule has 1 N–H and O–H groups in total. The van der Waals surface area contributed by atoms with Gasteiger partial charge in [-0.05, 0) is 42.5 Å². The van der Waals surface area contributed by atoms with Crippen molar-refractivity contribution in [2.75, 3.05) is 19.0 Å². The van der Waals surface area contributed by atoms with Crippen molar-refractivity contribution < 1.29 is 4.39 Å². The zero-order valence-electron chi connectivity index (χ0n) is 13.3. The van der Waals surface area contributed by atoms with E-state index >= 15 is 0 Å². The van der Waals surface area contributed by atoms with Crippen molar-refractivity contribution in [2.24, 2.45) is 5.10 Å². The second kappa shape index (κ2) is 6.76. The number of hydrogen-bond donors (Lipinski definition) is 1. The molecule has 0 aliphatic heterocycles. The molecule has 5 nitrogen and oxygen atoms in total. The maximum Gasteiger partial charge on any atom is 0.216 e. The fourth-order valence-electron chi connectivity index (χ4n) is 2.19. The number of nitrogens with zero attached hydrogens (tertiary/aromatic N) is 4. The van der Waals surface area contributed by atoms with E-state index in [4.69, 9.17) is 12.2 Å². The van der Waals surface area contributed by atoms with E-state index in [1.807, 2.05) is 43.3 Å². The normalized spacial score (nSPS) is 11.1. The second-order valence-electron chi connectivity index (χ2n) is 5.37. The standard InChI is InChI=1S/C17H16FN5S/c1-22(2)14-9-7-12(8-10-14)16-20-21-17(24)23(16)19-11-13-5-3-4-6-15(13)18/h3-11H,1-2H3,(H,21,24)/b19-11-.